The van der Waals surface area contributed by atoms with Crippen LogP contribution in [0.1, 0.15) is 19.3 Å². The minimum atomic E-state index is -0.00789. The maximum atomic E-state index is 12.8. The number of hydrogen-bond donors (Lipinski definition) is 2. The van der Waals surface area contributed by atoms with Crippen molar-refractivity contribution in [2.75, 3.05) is 58.2 Å². The maximum Gasteiger partial charge on any atom is 0.261 e. The molecular formula is C22H32N6O2. The van der Waals surface area contributed by atoms with Crippen molar-refractivity contribution in [2.24, 2.45) is 5.92 Å². The molecule has 3 heterocycles. The molecule has 4 rings (SSSR count). The number of anilines is 1. The van der Waals surface area contributed by atoms with Crippen molar-refractivity contribution in [1.29, 1.82) is 0 Å². The summed E-state index contributed by atoms with van der Waals surface area (Å²) in [7, 11) is 2.13. The van der Waals surface area contributed by atoms with E-state index >= 15 is 0 Å². The Bertz CT molecular complexity index is 929. The molecule has 0 atom stereocenters. The number of hydrogen-bond acceptors (Lipinski definition) is 6. The Kier molecular flexibility index (Phi) is 6.76. The normalized spacial score (nSPS) is 19.2. The van der Waals surface area contributed by atoms with Gasteiger partial charge in [0, 0.05) is 51.4 Å². The molecule has 0 saturated carbocycles. The van der Waals surface area contributed by atoms with Crippen molar-refractivity contribution in [3.8, 4) is 0 Å². The van der Waals surface area contributed by atoms with Crippen molar-refractivity contribution in [3.63, 3.8) is 0 Å². The summed E-state index contributed by atoms with van der Waals surface area (Å²) in [5.41, 5.74) is 1.30. The molecule has 2 aromatic rings. The number of piperazine rings is 1. The van der Waals surface area contributed by atoms with Gasteiger partial charge in [-0.2, -0.15) is 0 Å². The molecule has 0 radical (unpaired) electrons. The molecule has 8 heteroatoms. The standard InChI is InChI=1S/C22H32N6O2/c1-26-10-12-27(13-11-26)9-6-21(29)25-18-2-3-19-20(14-18)24-16-28(22(19)30)15-17-4-7-23-8-5-17/h2-3,14,16-17,23H,4-13,15H2,1H3,(H,25,29). The predicted octanol–water partition coefficient (Wildman–Crippen LogP) is 0.972. The summed E-state index contributed by atoms with van der Waals surface area (Å²) in [4.78, 5) is 34.3. The zero-order valence-corrected chi connectivity index (χ0v) is 17.8. The van der Waals surface area contributed by atoms with E-state index in [0.29, 0.717) is 35.5 Å². The number of carbonyl (C=O) groups is 1. The summed E-state index contributed by atoms with van der Waals surface area (Å²) < 4.78 is 1.73. The Morgan fingerprint density at radius 3 is 2.73 bits per heavy atom. The average molecular weight is 413 g/mol. The van der Waals surface area contributed by atoms with Crippen LogP contribution in [0, 0.1) is 5.92 Å². The second-order valence-corrected chi connectivity index (χ2v) is 8.57. The topological polar surface area (TPSA) is 82.5 Å². The van der Waals surface area contributed by atoms with Gasteiger partial charge >= 0.3 is 0 Å². The summed E-state index contributed by atoms with van der Waals surface area (Å²) in [6.07, 6.45) is 4.28. The third-order valence-corrected chi connectivity index (χ3v) is 6.27. The van der Waals surface area contributed by atoms with Crippen LogP contribution in [0.15, 0.2) is 29.3 Å². The Labute approximate surface area is 177 Å². The molecule has 0 spiro atoms. The third kappa shape index (κ3) is 5.24. The van der Waals surface area contributed by atoms with Gasteiger partial charge in [0.15, 0.2) is 0 Å². The summed E-state index contributed by atoms with van der Waals surface area (Å²) in [6, 6.07) is 5.37. The number of benzene rings is 1. The van der Waals surface area contributed by atoms with E-state index in [4.69, 9.17) is 0 Å². The lowest BCUT2D eigenvalue weighted by molar-refractivity contribution is -0.116. The number of amides is 1. The van der Waals surface area contributed by atoms with Gasteiger partial charge < -0.3 is 20.4 Å². The lowest BCUT2D eigenvalue weighted by Gasteiger charge is -2.32. The minimum Gasteiger partial charge on any atom is -0.326 e. The Morgan fingerprint density at radius 1 is 1.20 bits per heavy atom. The fraction of sp³-hybridized carbons (Fsp3) is 0.591. The van der Waals surface area contributed by atoms with Gasteiger partial charge in [-0.3, -0.25) is 14.2 Å². The molecule has 2 saturated heterocycles. The molecule has 0 unspecified atom stereocenters. The molecule has 0 bridgehead atoms. The number of nitrogens with zero attached hydrogens (tertiary/aromatic N) is 4. The first kappa shape index (κ1) is 21.0. The Morgan fingerprint density at radius 2 is 1.97 bits per heavy atom. The van der Waals surface area contributed by atoms with Crippen molar-refractivity contribution >= 4 is 22.5 Å². The van der Waals surface area contributed by atoms with E-state index in [9.17, 15) is 9.59 Å². The molecule has 2 N–H and O–H groups in total. The van der Waals surface area contributed by atoms with E-state index in [1.165, 1.54) is 0 Å². The highest BCUT2D eigenvalue weighted by Gasteiger charge is 2.16. The fourth-order valence-corrected chi connectivity index (χ4v) is 4.26. The zero-order chi connectivity index (χ0) is 20.9. The van der Waals surface area contributed by atoms with E-state index in [0.717, 1.165) is 58.7 Å². The summed E-state index contributed by atoms with van der Waals surface area (Å²) >= 11 is 0. The SMILES string of the molecule is CN1CCN(CCC(=O)Nc2ccc3c(=O)n(CC4CCNCC4)cnc3c2)CC1. The van der Waals surface area contributed by atoms with Gasteiger partial charge in [-0.15, -0.1) is 0 Å². The molecule has 1 aromatic heterocycles. The molecule has 2 aliphatic heterocycles. The third-order valence-electron chi connectivity index (χ3n) is 6.27. The maximum absolute atomic E-state index is 12.8. The van der Waals surface area contributed by atoms with Gasteiger partial charge in [0.2, 0.25) is 5.91 Å². The van der Waals surface area contributed by atoms with Crippen LogP contribution >= 0.6 is 0 Å². The molecule has 2 fully saturated rings. The second kappa shape index (κ2) is 9.68. The lowest BCUT2D eigenvalue weighted by Crippen LogP contribution is -2.45. The van der Waals surface area contributed by atoms with Crippen molar-refractivity contribution < 1.29 is 4.79 Å². The summed E-state index contributed by atoms with van der Waals surface area (Å²) in [5.74, 6) is 0.509. The molecule has 0 aliphatic carbocycles. The monoisotopic (exact) mass is 412 g/mol. The Hall–Kier alpha value is -2.29. The van der Waals surface area contributed by atoms with E-state index in [1.807, 2.05) is 0 Å². The van der Waals surface area contributed by atoms with Gasteiger partial charge in [-0.05, 0) is 57.1 Å². The van der Waals surface area contributed by atoms with Gasteiger partial charge in [0.25, 0.3) is 5.56 Å². The van der Waals surface area contributed by atoms with Crippen LogP contribution in [0.3, 0.4) is 0 Å². The fourth-order valence-electron chi connectivity index (χ4n) is 4.26. The smallest absolute Gasteiger partial charge is 0.261 e. The first-order valence-corrected chi connectivity index (χ1v) is 11.0. The van der Waals surface area contributed by atoms with Crippen LogP contribution in [-0.4, -0.2) is 78.1 Å². The molecular weight excluding hydrogens is 380 g/mol. The van der Waals surface area contributed by atoms with Crippen LogP contribution in [0.5, 0.6) is 0 Å². The number of piperidine rings is 1. The highest BCUT2D eigenvalue weighted by Crippen LogP contribution is 2.17. The molecule has 162 valence electrons. The zero-order valence-electron chi connectivity index (χ0n) is 17.8. The number of fused-ring (bicyclic) bond motifs is 1. The number of nitrogens with one attached hydrogen (secondary N) is 2. The Balaban J connectivity index is 1.36. The van der Waals surface area contributed by atoms with Gasteiger partial charge in [0.05, 0.1) is 17.2 Å². The second-order valence-electron chi connectivity index (χ2n) is 8.57. The largest absolute Gasteiger partial charge is 0.326 e. The predicted molar refractivity (Wildman–Crippen MR) is 119 cm³/mol. The molecule has 1 aromatic carbocycles. The number of rotatable bonds is 6. The van der Waals surface area contributed by atoms with Crippen LogP contribution in [-0.2, 0) is 11.3 Å². The van der Waals surface area contributed by atoms with Crippen LogP contribution in [0.4, 0.5) is 5.69 Å². The summed E-state index contributed by atoms with van der Waals surface area (Å²) in [6.45, 7) is 7.62. The molecule has 30 heavy (non-hydrogen) atoms. The molecule has 1 amide bonds. The quantitative estimate of drug-likeness (QED) is 0.736. The van der Waals surface area contributed by atoms with Crippen LogP contribution < -0.4 is 16.2 Å². The minimum absolute atomic E-state index is 0.00692. The van der Waals surface area contributed by atoms with E-state index in [1.54, 1.807) is 29.1 Å². The van der Waals surface area contributed by atoms with E-state index in [-0.39, 0.29) is 11.5 Å². The van der Waals surface area contributed by atoms with Crippen molar-refractivity contribution in [1.82, 2.24) is 24.7 Å². The van der Waals surface area contributed by atoms with Crippen molar-refractivity contribution in [2.45, 2.75) is 25.8 Å². The average Bonchev–Trinajstić information content (AvgIpc) is 2.76. The summed E-state index contributed by atoms with van der Waals surface area (Å²) in [5, 5.41) is 6.90. The lowest BCUT2D eigenvalue weighted by atomic mass is 9.98. The molecule has 8 nitrogen and oxygen atoms in total. The molecule has 2 aliphatic rings. The van der Waals surface area contributed by atoms with Crippen LogP contribution in [0.25, 0.3) is 10.9 Å². The van der Waals surface area contributed by atoms with Gasteiger partial charge in [-0.1, -0.05) is 0 Å². The first-order chi connectivity index (χ1) is 14.6. The van der Waals surface area contributed by atoms with Gasteiger partial charge in [-0.25, -0.2) is 4.98 Å². The van der Waals surface area contributed by atoms with E-state index in [2.05, 4.69) is 32.5 Å². The first-order valence-electron chi connectivity index (χ1n) is 11.0. The highest BCUT2D eigenvalue weighted by molar-refractivity contribution is 5.93. The number of carbonyl (C=O) groups excluding carboxylic acids is 1. The number of aromatic nitrogens is 2. The highest BCUT2D eigenvalue weighted by atomic mass is 16.1. The number of likely N-dealkylation sites (N-methyl/N-ethyl adjacent to an activating group) is 1. The van der Waals surface area contributed by atoms with Gasteiger partial charge in [0.1, 0.15) is 0 Å². The van der Waals surface area contributed by atoms with E-state index < -0.39 is 0 Å². The van der Waals surface area contributed by atoms with Crippen LogP contribution in [0.2, 0.25) is 0 Å². The van der Waals surface area contributed by atoms with Crippen molar-refractivity contribution in [3.05, 3.63) is 34.9 Å².